The van der Waals surface area contributed by atoms with E-state index < -0.39 is 5.97 Å². The molecule has 0 aliphatic carbocycles. The van der Waals surface area contributed by atoms with Gasteiger partial charge < -0.3 is 10.5 Å². The van der Waals surface area contributed by atoms with E-state index in [2.05, 4.69) is 0 Å². The molecular weight excluding hydrogens is 228 g/mol. The van der Waals surface area contributed by atoms with Crippen LogP contribution in [0.4, 0.5) is 0 Å². The highest BCUT2D eigenvalue weighted by Gasteiger charge is 2.13. The van der Waals surface area contributed by atoms with Gasteiger partial charge in [0.1, 0.15) is 0 Å². The van der Waals surface area contributed by atoms with Crippen LogP contribution in [0.2, 0.25) is 5.02 Å². The first-order chi connectivity index (χ1) is 7.63. The maximum absolute atomic E-state index is 11.4. The average Bonchev–Trinajstić information content (AvgIpc) is 2.28. The number of carbonyl (C=O) groups is 1. The maximum Gasteiger partial charge on any atom is 0.338 e. The standard InChI is InChI=1S/C11H11ClN2O2/c1-2-16-11(15)7-3-8(5-13)9(6-14)10(12)4-7/h3-4H,2,6,14H2,1H3. The van der Waals surface area contributed by atoms with Gasteiger partial charge in [0.25, 0.3) is 0 Å². The third-order valence-corrected chi connectivity index (χ3v) is 2.37. The summed E-state index contributed by atoms with van der Waals surface area (Å²) in [5.41, 5.74) is 6.57. The lowest BCUT2D eigenvalue weighted by molar-refractivity contribution is 0.0526. The van der Waals surface area contributed by atoms with Crippen molar-refractivity contribution in [2.24, 2.45) is 5.73 Å². The molecule has 1 rings (SSSR count). The molecular formula is C11H11ClN2O2. The van der Waals surface area contributed by atoms with Gasteiger partial charge in [-0.25, -0.2) is 4.79 Å². The summed E-state index contributed by atoms with van der Waals surface area (Å²) in [5, 5.41) is 9.20. The number of ether oxygens (including phenoxy) is 1. The zero-order valence-electron chi connectivity index (χ0n) is 8.79. The van der Waals surface area contributed by atoms with Crippen molar-refractivity contribution < 1.29 is 9.53 Å². The lowest BCUT2D eigenvalue weighted by atomic mass is 10.0. The molecule has 16 heavy (non-hydrogen) atoms. The second-order valence-electron chi connectivity index (χ2n) is 3.02. The number of esters is 1. The number of nitriles is 1. The van der Waals surface area contributed by atoms with Crippen LogP contribution in [0.5, 0.6) is 0 Å². The molecule has 0 fully saturated rings. The minimum absolute atomic E-state index is 0.158. The summed E-state index contributed by atoms with van der Waals surface area (Å²) < 4.78 is 4.82. The zero-order chi connectivity index (χ0) is 12.1. The Morgan fingerprint density at radius 1 is 1.62 bits per heavy atom. The third-order valence-electron chi connectivity index (χ3n) is 2.03. The normalized spacial score (nSPS) is 9.62. The van der Waals surface area contributed by atoms with Gasteiger partial charge in [0.05, 0.1) is 23.8 Å². The van der Waals surface area contributed by atoms with E-state index in [1.54, 1.807) is 6.92 Å². The topological polar surface area (TPSA) is 76.1 Å². The highest BCUT2D eigenvalue weighted by Crippen LogP contribution is 2.22. The van der Waals surface area contributed by atoms with Crippen LogP contribution >= 0.6 is 11.6 Å². The van der Waals surface area contributed by atoms with E-state index in [0.717, 1.165) is 0 Å². The molecule has 1 aromatic carbocycles. The van der Waals surface area contributed by atoms with Crippen molar-refractivity contribution in [2.45, 2.75) is 13.5 Å². The van der Waals surface area contributed by atoms with Gasteiger partial charge in [-0.2, -0.15) is 5.26 Å². The predicted molar refractivity (Wildman–Crippen MR) is 60.0 cm³/mol. The number of halogens is 1. The number of carbonyl (C=O) groups excluding carboxylic acids is 1. The molecule has 2 N–H and O–H groups in total. The molecule has 0 saturated heterocycles. The summed E-state index contributed by atoms with van der Waals surface area (Å²) in [6.45, 7) is 2.14. The van der Waals surface area contributed by atoms with E-state index in [1.165, 1.54) is 12.1 Å². The van der Waals surface area contributed by atoms with Crippen molar-refractivity contribution in [1.29, 1.82) is 5.26 Å². The van der Waals surface area contributed by atoms with E-state index in [9.17, 15) is 4.79 Å². The van der Waals surface area contributed by atoms with E-state index in [0.29, 0.717) is 16.1 Å². The Balaban J connectivity index is 3.21. The van der Waals surface area contributed by atoms with Crippen molar-refractivity contribution in [3.05, 3.63) is 33.8 Å². The number of nitrogens with two attached hydrogens (primary N) is 1. The molecule has 84 valence electrons. The first-order valence-corrected chi connectivity index (χ1v) is 5.11. The van der Waals surface area contributed by atoms with Gasteiger partial charge in [-0.1, -0.05) is 11.6 Å². The second kappa shape index (κ2) is 5.50. The molecule has 0 saturated carbocycles. The fraction of sp³-hybridized carbons (Fsp3) is 0.273. The molecule has 0 amide bonds. The van der Waals surface area contributed by atoms with E-state index in [-0.39, 0.29) is 18.7 Å². The van der Waals surface area contributed by atoms with E-state index in [1.807, 2.05) is 6.07 Å². The lowest BCUT2D eigenvalue weighted by Gasteiger charge is -2.07. The molecule has 0 aromatic heterocycles. The molecule has 0 unspecified atom stereocenters. The summed E-state index contributed by atoms with van der Waals surface area (Å²) in [6.07, 6.45) is 0. The molecule has 0 aliphatic rings. The molecule has 0 radical (unpaired) electrons. The van der Waals surface area contributed by atoms with Crippen molar-refractivity contribution in [1.82, 2.24) is 0 Å². The van der Waals surface area contributed by atoms with Gasteiger partial charge in [-0.05, 0) is 19.1 Å². The van der Waals surface area contributed by atoms with E-state index >= 15 is 0 Å². The first-order valence-electron chi connectivity index (χ1n) is 4.73. The summed E-state index contributed by atoms with van der Waals surface area (Å²) in [5.74, 6) is -0.496. The van der Waals surface area contributed by atoms with Crippen LogP contribution in [-0.4, -0.2) is 12.6 Å². The van der Waals surface area contributed by atoms with Gasteiger partial charge in [-0.15, -0.1) is 0 Å². The number of benzene rings is 1. The van der Waals surface area contributed by atoms with Crippen LogP contribution in [0.15, 0.2) is 12.1 Å². The maximum atomic E-state index is 11.4. The molecule has 0 aliphatic heterocycles. The molecule has 0 spiro atoms. The Morgan fingerprint density at radius 3 is 2.81 bits per heavy atom. The Morgan fingerprint density at radius 2 is 2.31 bits per heavy atom. The van der Waals surface area contributed by atoms with E-state index in [4.69, 9.17) is 27.3 Å². The Hall–Kier alpha value is -1.57. The van der Waals surface area contributed by atoms with Gasteiger partial charge in [-0.3, -0.25) is 0 Å². The monoisotopic (exact) mass is 238 g/mol. The minimum Gasteiger partial charge on any atom is -0.462 e. The van der Waals surface area contributed by atoms with Crippen molar-refractivity contribution in [3.63, 3.8) is 0 Å². The lowest BCUT2D eigenvalue weighted by Crippen LogP contribution is -2.08. The van der Waals surface area contributed by atoms with Crippen LogP contribution in [0, 0.1) is 11.3 Å². The Labute approximate surface area is 98.6 Å². The molecule has 1 aromatic rings. The van der Waals surface area contributed by atoms with Crippen molar-refractivity contribution in [3.8, 4) is 6.07 Å². The van der Waals surface area contributed by atoms with Gasteiger partial charge in [0.2, 0.25) is 0 Å². The highest BCUT2D eigenvalue weighted by molar-refractivity contribution is 6.31. The number of rotatable bonds is 3. The molecule has 4 nitrogen and oxygen atoms in total. The Kier molecular flexibility index (Phi) is 4.29. The number of hydrogen-bond acceptors (Lipinski definition) is 4. The average molecular weight is 239 g/mol. The third kappa shape index (κ3) is 2.51. The second-order valence-corrected chi connectivity index (χ2v) is 3.43. The van der Waals surface area contributed by atoms with Crippen molar-refractivity contribution in [2.75, 3.05) is 6.61 Å². The fourth-order valence-electron chi connectivity index (χ4n) is 1.28. The number of nitrogens with zero attached hydrogens (tertiary/aromatic N) is 1. The van der Waals surface area contributed by atoms with Gasteiger partial charge >= 0.3 is 5.97 Å². The Bertz CT molecular complexity index is 452. The molecule has 0 heterocycles. The predicted octanol–water partition coefficient (Wildman–Crippen LogP) is 1.85. The summed E-state index contributed by atoms with van der Waals surface area (Å²) >= 11 is 5.92. The summed E-state index contributed by atoms with van der Waals surface area (Å²) in [6, 6.07) is 4.85. The smallest absolute Gasteiger partial charge is 0.338 e. The number of hydrogen-bond donors (Lipinski definition) is 1. The molecule has 0 bridgehead atoms. The largest absolute Gasteiger partial charge is 0.462 e. The molecule has 5 heteroatoms. The highest BCUT2D eigenvalue weighted by atomic mass is 35.5. The van der Waals surface area contributed by atoms with Crippen molar-refractivity contribution >= 4 is 17.6 Å². The van der Waals surface area contributed by atoms with Crippen LogP contribution in [0.25, 0.3) is 0 Å². The van der Waals surface area contributed by atoms with Crippen LogP contribution in [0.1, 0.15) is 28.4 Å². The SMILES string of the molecule is CCOC(=O)c1cc(Cl)c(CN)c(C#N)c1. The minimum atomic E-state index is -0.496. The quantitative estimate of drug-likeness (QED) is 0.816. The summed E-state index contributed by atoms with van der Waals surface area (Å²) in [4.78, 5) is 11.4. The first kappa shape index (κ1) is 12.5. The molecule has 0 atom stereocenters. The van der Waals surface area contributed by atoms with Gasteiger partial charge in [0, 0.05) is 17.1 Å². The summed E-state index contributed by atoms with van der Waals surface area (Å²) in [7, 11) is 0. The van der Waals surface area contributed by atoms with Crippen LogP contribution in [-0.2, 0) is 11.3 Å². The fourth-order valence-corrected chi connectivity index (χ4v) is 1.57. The zero-order valence-corrected chi connectivity index (χ0v) is 9.54. The van der Waals surface area contributed by atoms with Gasteiger partial charge in [0.15, 0.2) is 0 Å². The van der Waals surface area contributed by atoms with Crippen LogP contribution < -0.4 is 5.73 Å². The van der Waals surface area contributed by atoms with Crippen LogP contribution in [0.3, 0.4) is 0 Å².